The molecule has 0 spiro atoms. The van der Waals surface area contributed by atoms with Crippen LogP contribution in [0.15, 0.2) is 0 Å². The molecule has 5 nitrogen and oxygen atoms in total. The van der Waals surface area contributed by atoms with Crippen LogP contribution in [0.3, 0.4) is 0 Å². The summed E-state index contributed by atoms with van der Waals surface area (Å²) >= 11 is 0. The van der Waals surface area contributed by atoms with Crippen molar-refractivity contribution in [3.63, 3.8) is 0 Å². The molecule has 5 heteroatoms. The third-order valence-corrected chi connectivity index (χ3v) is 1.69. The molecular formula is C11H19NO4. The van der Waals surface area contributed by atoms with E-state index >= 15 is 0 Å². The molecule has 2 atom stereocenters. The van der Waals surface area contributed by atoms with Gasteiger partial charge in [0.25, 0.3) is 0 Å². The van der Waals surface area contributed by atoms with E-state index in [1.807, 2.05) is 0 Å². The number of ether oxygens (including phenoxy) is 1. The molecule has 92 valence electrons. The number of hydrogen-bond donors (Lipinski definition) is 2. The molecule has 0 aromatic rings. The summed E-state index contributed by atoms with van der Waals surface area (Å²) in [6.45, 7) is 5.21. The van der Waals surface area contributed by atoms with Gasteiger partial charge in [0.15, 0.2) is 0 Å². The Balaban J connectivity index is 3.92. The molecule has 0 aromatic heterocycles. The maximum Gasteiger partial charge on any atom is 0.308 e. The van der Waals surface area contributed by atoms with Gasteiger partial charge in [0.2, 0.25) is 0 Å². The first kappa shape index (κ1) is 14.9. The summed E-state index contributed by atoms with van der Waals surface area (Å²) in [5.74, 6) is -0.510. The van der Waals surface area contributed by atoms with Crippen molar-refractivity contribution in [3.8, 4) is 6.07 Å². The maximum atomic E-state index is 11.3. The minimum Gasteiger partial charge on any atom is -0.460 e. The van der Waals surface area contributed by atoms with E-state index in [0.717, 1.165) is 0 Å². The van der Waals surface area contributed by atoms with Gasteiger partial charge >= 0.3 is 5.97 Å². The number of carbonyl (C=O) groups excluding carboxylic acids is 1. The van der Waals surface area contributed by atoms with E-state index < -0.39 is 23.8 Å². The van der Waals surface area contributed by atoms with E-state index in [1.54, 1.807) is 26.8 Å². The monoisotopic (exact) mass is 229 g/mol. The van der Waals surface area contributed by atoms with Gasteiger partial charge in [-0.15, -0.1) is 0 Å². The first-order valence-corrected chi connectivity index (χ1v) is 5.19. The van der Waals surface area contributed by atoms with Gasteiger partial charge in [-0.1, -0.05) is 0 Å². The fourth-order valence-corrected chi connectivity index (χ4v) is 1.16. The fourth-order valence-electron chi connectivity index (χ4n) is 1.16. The molecule has 0 rings (SSSR count). The number of nitriles is 1. The van der Waals surface area contributed by atoms with Crippen LogP contribution in [0.5, 0.6) is 0 Å². The normalized spacial score (nSPS) is 15.0. The van der Waals surface area contributed by atoms with Crippen molar-refractivity contribution in [3.05, 3.63) is 0 Å². The van der Waals surface area contributed by atoms with Crippen molar-refractivity contribution < 1.29 is 19.7 Å². The van der Waals surface area contributed by atoms with Crippen molar-refractivity contribution in [2.75, 3.05) is 0 Å². The SMILES string of the molecule is CC(C)(C)OC(=O)CC(O)CC(O)CC#N. The standard InChI is InChI=1S/C11H19NO4/c1-11(2,3)16-10(15)7-9(14)6-8(13)4-5-12/h8-9,13-14H,4,6-7H2,1-3H3. The molecule has 0 fully saturated rings. The van der Waals surface area contributed by atoms with Crippen LogP contribution in [-0.4, -0.2) is 34.0 Å². The first-order valence-electron chi connectivity index (χ1n) is 5.19. The molecule has 0 bridgehead atoms. The van der Waals surface area contributed by atoms with Gasteiger partial charge in [-0.25, -0.2) is 0 Å². The van der Waals surface area contributed by atoms with E-state index in [0.29, 0.717) is 0 Å². The number of esters is 1. The maximum absolute atomic E-state index is 11.3. The number of carbonyl (C=O) groups is 1. The zero-order valence-corrected chi connectivity index (χ0v) is 9.93. The summed E-state index contributed by atoms with van der Waals surface area (Å²) in [5.41, 5.74) is -0.581. The highest BCUT2D eigenvalue weighted by molar-refractivity contribution is 5.70. The Morgan fingerprint density at radius 3 is 2.38 bits per heavy atom. The Bertz CT molecular complexity index is 264. The summed E-state index contributed by atoms with van der Waals surface area (Å²) in [6.07, 6.45) is -2.08. The lowest BCUT2D eigenvalue weighted by Crippen LogP contribution is -2.28. The molecular weight excluding hydrogens is 210 g/mol. The van der Waals surface area contributed by atoms with Crippen LogP contribution < -0.4 is 0 Å². The van der Waals surface area contributed by atoms with Crippen LogP contribution in [0.2, 0.25) is 0 Å². The number of aliphatic hydroxyl groups excluding tert-OH is 2. The topological polar surface area (TPSA) is 90.6 Å². The summed E-state index contributed by atoms with van der Waals surface area (Å²) in [4.78, 5) is 11.3. The first-order chi connectivity index (χ1) is 7.24. The summed E-state index contributed by atoms with van der Waals surface area (Å²) in [7, 11) is 0. The molecule has 0 saturated carbocycles. The van der Waals surface area contributed by atoms with Crippen LogP contribution >= 0.6 is 0 Å². The lowest BCUT2D eigenvalue weighted by molar-refractivity contribution is -0.157. The molecule has 16 heavy (non-hydrogen) atoms. The summed E-state index contributed by atoms with van der Waals surface area (Å²) in [6, 6.07) is 1.79. The molecule has 0 heterocycles. The van der Waals surface area contributed by atoms with Crippen LogP contribution in [-0.2, 0) is 9.53 Å². The molecule has 0 aliphatic rings. The molecule has 0 radical (unpaired) electrons. The Kier molecular flexibility index (Phi) is 6.01. The van der Waals surface area contributed by atoms with Crippen molar-refractivity contribution in [1.29, 1.82) is 5.26 Å². The quantitative estimate of drug-likeness (QED) is 0.679. The van der Waals surface area contributed by atoms with Crippen LogP contribution in [0.25, 0.3) is 0 Å². The van der Waals surface area contributed by atoms with Gasteiger partial charge < -0.3 is 14.9 Å². The summed E-state index contributed by atoms with van der Waals surface area (Å²) < 4.78 is 5.00. The van der Waals surface area contributed by atoms with Crippen LogP contribution in [0.4, 0.5) is 0 Å². The predicted molar refractivity (Wildman–Crippen MR) is 57.3 cm³/mol. The average molecular weight is 229 g/mol. The molecule has 0 amide bonds. The second-order valence-electron chi connectivity index (χ2n) is 4.70. The van der Waals surface area contributed by atoms with Gasteiger partial charge in [-0.2, -0.15) is 5.26 Å². The Labute approximate surface area is 95.6 Å². The lowest BCUT2D eigenvalue weighted by Gasteiger charge is -2.21. The number of rotatable bonds is 5. The van der Waals surface area contributed by atoms with Crippen molar-refractivity contribution >= 4 is 5.97 Å². The minimum atomic E-state index is -0.974. The minimum absolute atomic E-state index is 0.00675. The van der Waals surface area contributed by atoms with Crippen molar-refractivity contribution in [2.24, 2.45) is 0 Å². The molecule has 0 aromatic carbocycles. The highest BCUT2D eigenvalue weighted by Crippen LogP contribution is 2.11. The van der Waals surface area contributed by atoms with Gasteiger partial charge in [0.05, 0.1) is 31.1 Å². The van der Waals surface area contributed by atoms with Crippen LogP contribution in [0, 0.1) is 11.3 Å². The van der Waals surface area contributed by atoms with Gasteiger partial charge in [0, 0.05) is 6.42 Å². The highest BCUT2D eigenvalue weighted by atomic mass is 16.6. The third-order valence-electron chi connectivity index (χ3n) is 1.69. The molecule has 2 unspecified atom stereocenters. The zero-order chi connectivity index (χ0) is 12.8. The number of nitrogens with zero attached hydrogens (tertiary/aromatic N) is 1. The molecule has 2 N–H and O–H groups in total. The lowest BCUT2D eigenvalue weighted by atomic mass is 10.1. The Morgan fingerprint density at radius 1 is 1.38 bits per heavy atom. The van der Waals surface area contributed by atoms with E-state index in [9.17, 15) is 15.0 Å². The second-order valence-corrected chi connectivity index (χ2v) is 4.70. The van der Waals surface area contributed by atoms with Crippen LogP contribution in [0.1, 0.15) is 40.0 Å². The van der Waals surface area contributed by atoms with E-state index in [4.69, 9.17) is 10.00 Å². The molecule has 0 aliphatic heterocycles. The van der Waals surface area contributed by atoms with E-state index in [1.165, 1.54) is 0 Å². The molecule has 0 saturated heterocycles. The third kappa shape index (κ3) is 8.21. The smallest absolute Gasteiger partial charge is 0.308 e. The highest BCUT2D eigenvalue weighted by Gasteiger charge is 2.20. The summed E-state index contributed by atoms with van der Waals surface area (Å²) in [5, 5.41) is 27.0. The van der Waals surface area contributed by atoms with E-state index in [2.05, 4.69) is 0 Å². The fraction of sp³-hybridized carbons (Fsp3) is 0.818. The number of aliphatic hydroxyl groups is 2. The Morgan fingerprint density at radius 2 is 1.94 bits per heavy atom. The average Bonchev–Trinajstić information content (AvgIpc) is 1.98. The number of hydrogen-bond acceptors (Lipinski definition) is 5. The molecule has 0 aliphatic carbocycles. The largest absolute Gasteiger partial charge is 0.460 e. The van der Waals surface area contributed by atoms with Gasteiger partial charge in [-0.3, -0.25) is 4.79 Å². The Hall–Kier alpha value is -1.12. The van der Waals surface area contributed by atoms with Crippen molar-refractivity contribution in [1.82, 2.24) is 0 Å². The second kappa shape index (κ2) is 6.46. The van der Waals surface area contributed by atoms with Gasteiger partial charge in [0.1, 0.15) is 5.60 Å². The van der Waals surface area contributed by atoms with Crippen molar-refractivity contribution in [2.45, 2.75) is 57.8 Å². The zero-order valence-electron chi connectivity index (χ0n) is 9.93. The van der Waals surface area contributed by atoms with Gasteiger partial charge in [-0.05, 0) is 20.8 Å². The predicted octanol–water partition coefficient (Wildman–Crippen LogP) is 0.744. The van der Waals surface area contributed by atoms with E-state index in [-0.39, 0.29) is 19.3 Å².